The summed E-state index contributed by atoms with van der Waals surface area (Å²) in [5.74, 6) is -0.953. The van der Waals surface area contributed by atoms with E-state index in [-0.39, 0.29) is 5.91 Å². The second kappa shape index (κ2) is 8.70. The zero-order chi connectivity index (χ0) is 18.4. The summed E-state index contributed by atoms with van der Waals surface area (Å²) in [6.45, 7) is 1.53. The zero-order valence-electron chi connectivity index (χ0n) is 13.8. The summed E-state index contributed by atoms with van der Waals surface area (Å²) in [6.07, 6.45) is 1.82. The Hall–Kier alpha value is -2.30. The molecular weight excluding hydrogens is 361 g/mol. The number of carbonyl (C=O) groups is 2. The lowest BCUT2D eigenvalue weighted by Gasteiger charge is -2.21. The van der Waals surface area contributed by atoms with Gasteiger partial charge in [-0.05, 0) is 42.8 Å². The molecule has 130 valence electrons. The molecule has 0 bridgehead atoms. The van der Waals surface area contributed by atoms with Gasteiger partial charge in [0.25, 0.3) is 5.91 Å². The van der Waals surface area contributed by atoms with E-state index in [0.29, 0.717) is 15.6 Å². The summed E-state index contributed by atoms with van der Waals surface area (Å²) in [7, 11) is 1.63. The van der Waals surface area contributed by atoms with E-state index in [1.165, 1.54) is 24.0 Å². The number of ether oxygens (including phenoxy) is 1. The number of benzene rings is 2. The molecule has 2 rings (SSSR count). The molecule has 0 saturated heterocycles. The zero-order valence-corrected chi connectivity index (χ0v) is 15.3. The van der Waals surface area contributed by atoms with Gasteiger partial charge in [-0.3, -0.25) is 4.79 Å². The van der Waals surface area contributed by atoms with Gasteiger partial charge in [0.1, 0.15) is 0 Å². The van der Waals surface area contributed by atoms with Gasteiger partial charge in [-0.25, -0.2) is 4.79 Å². The number of hydrogen-bond acceptors (Lipinski definition) is 3. The van der Waals surface area contributed by atoms with Gasteiger partial charge in [-0.2, -0.15) is 0 Å². The summed E-state index contributed by atoms with van der Waals surface area (Å²) in [4.78, 5) is 25.7. The highest BCUT2D eigenvalue weighted by atomic mass is 35.5. The minimum atomic E-state index is -0.914. The van der Waals surface area contributed by atoms with Crippen LogP contribution in [0.15, 0.2) is 54.6 Å². The van der Waals surface area contributed by atoms with E-state index < -0.39 is 12.1 Å². The van der Waals surface area contributed by atoms with Crippen LogP contribution in [0, 0.1) is 0 Å². The smallest absolute Gasteiger partial charge is 0.331 e. The van der Waals surface area contributed by atoms with E-state index >= 15 is 0 Å². The highest BCUT2D eigenvalue weighted by molar-refractivity contribution is 6.35. The first kappa shape index (κ1) is 19.0. The van der Waals surface area contributed by atoms with Crippen molar-refractivity contribution in [1.82, 2.24) is 0 Å². The highest BCUT2D eigenvalue weighted by Crippen LogP contribution is 2.22. The van der Waals surface area contributed by atoms with Crippen LogP contribution in [-0.2, 0) is 14.3 Å². The predicted octanol–water partition coefficient (Wildman–Crippen LogP) is 4.60. The van der Waals surface area contributed by atoms with Crippen molar-refractivity contribution >= 4 is 46.8 Å². The van der Waals surface area contributed by atoms with Crippen LogP contribution in [0.4, 0.5) is 5.69 Å². The molecular formula is C19H17Cl2NO3. The molecule has 0 aromatic heterocycles. The van der Waals surface area contributed by atoms with Gasteiger partial charge < -0.3 is 9.64 Å². The van der Waals surface area contributed by atoms with E-state index in [1.807, 2.05) is 18.2 Å². The molecule has 0 aliphatic carbocycles. The molecule has 0 heterocycles. The third-order valence-corrected chi connectivity index (χ3v) is 4.04. The lowest BCUT2D eigenvalue weighted by Crippen LogP contribution is -2.37. The Labute approximate surface area is 156 Å². The van der Waals surface area contributed by atoms with Gasteiger partial charge >= 0.3 is 5.97 Å². The van der Waals surface area contributed by atoms with Gasteiger partial charge in [0.2, 0.25) is 0 Å². The molecule has 6 heteroatoms. The van der Waals surface area contributed by atoms with Gasteiger partial charge in [0.05, 0.1) is 0 Å². The number of rotatable bonds is 5. The van der Waals surface area contributed by atoms with Crippen molar-refractivity contribution in [2.75, 3.05) is 11.9 Å². The number of amides is 1. The van der Waals surface area contributed by atoms with Crippen molar-refractivity contribution in [2.24, 2.45) is 0 Å². The van der Waals surface area contributed by atoms with Gasteiger partial charge in [0, 0.05) is 28.9 Å². The number of esters is 1. The number of para-hydroxylation sites is 1. The van der Waals surface area contributed by atoms with E-state index in [9.17, 15) is 9.59 Å². The third-order valence-electron chi connectivity index (χ3n) is 3.48. The molecule has 0 radical (unpaired) electrons. The largest absolute Gasteiger partial charge is 0.449 e. The fourth-order valence-electron chi connectivity index (χ4n) is 2.11. The van der Waals surface area contributed by atoms with E-state index in [0.717, 1.165) is 5.69 Å². The average molecular weight is 378 g/mol. The van der Waals surface area contributed by atoms with Crippen LogP contribution in [0.1, 0.15) is 12.5 Å². The van der Waals surface area contributed by atoms with Gasteiger partial charge in [-0.1, -0.05) is 47.5 Å². The molecule has 0 aliphatic rings. The van der Waals surface area contributed by atoms with Crippen LogP contribution in [0.5, 0.6) is 0 Å². The Morgan fingerprint density at radius 1 is 1.12 bits per heavy atom. The maximum Gasteiger partial charge on any atom is 0.331 e. The van der Waals surface area contributed by atoms with Crippen molar-refractivity contribution in [2.45, 2.75) is 13.0 Å². The summed E-state index contributed by atoms with van der Waals surface area (Å²) < 4.78 is 5.15. The molecule has 0 N–H and O–H groups in total. The first-order chi connectivity index (χ1) is 11.9. The standard InChI is InChI=1S/C19H17Cl2NO3/c1-13(19(24)22(2)16-6-4-3-5-7-16)25-18(23)11-9-14-8-10-15(20)12-17(14)21/h3-13H,1-2H3/b11-9+/t13-/m1/s1. The second-order valence-electron chi connectivity index (χ2n) is 5.31. The molecule has 0 spiro atoms. The van der Waals surface area contributed by atoms with E-state index in [2.05, 4.69) is 0 Å². The Morgan fingerprint density at radius 2 is 1.80 bits per heavy atom. The molecule has 0 saturated carbocycles. The normalized spacial score (nSPS) is 12.0. The Kier molecular flexibility index (Phi) is 6.62. The van der Waals surface area contributed by atoms with Crippen LogP contribution in [-0.4, -0.2) is 25.0 Å². The number of carbonyl (C=O) groups excluding carboxylic acids is 2. The monoisotopic (exact) mass is 377 g/mol. The highest BCUT2D eigenvalue weighted by Gasteiger charge is 2.21. The number of likely N-dealkylation sites (N-methyl/N-ethyl adjacent to an activating group) is 1. The SMILES string of the molecule is C[C@@H](OC(=O)/C=C/c1ccc(Cl)cc1Cl)C(=O)N(C)c1ccccc1. The number of nitrogens with zero attached hydrogens (tertiary/aromatic N) is 1. The lowest BCUT2D eigenvalue weighted by molar-refractivity contribution is -0.148. The molecule has 1 atom stereocenters. The second-order valence-corrected chi connectivity index (χ2v) is 6.15. The Morgan fingerprint density at radius 3 is 2.44 bits per heavy atom. The Bertz CT molecular complexity index is 791. The van der Waals surface area contributed by atoms with Gasteiger partial charge in [-0.15, -0.1) is 0 Å². The average Bonchev–Trinajstić information content (AvgIpc) is 2.60. The number of hydrogen-bond donors (Lipinski definition) is 0. The van der Waals surface area contributed by atoms with Crippen LogP contribution >= 0.6 is 23.2 Å². The molecule has 1 amide bonds. The minimum absolute atomic E-state index is 0.322. The van der Waals surface area contributed by atoms with Crippen molar-refractivity contribution in [3.63, 3.8) is 0 Å². The van der Waals surface area contributed by atoms with Crippen molar-refractivity contribution < 1.29 is 14.3 Å². The molecule has 2 aromatic carbocycles. The minimum Gasteiger partial charge on any atom is -0.449 e. The quantitative estimate of drug-likeness (QED) is 0.564. The van der Waals surface area contributed by atoms with Crippen LogP contribution in [0.2, 0.25) is 10.0 Å². The Balaban J connectivity index is 1.97. The van der Waals surface area contributed by atoms with Crippen molar-refractivity contribution in [1.29, 1.82) is 0 Å². The molecule has 0 fully saturated rings. The fourth-order valence-corrected chi connectivity index (χ4v) is 2.58. The number of halogens is 2. The predicted molar refractivity (Wildman–Crippen MR) is 101 cm³/mol. The maximum absolute atomic E-state index is 12.3. The third kappa shape index (κ3) is 5.34. The molecule has 0 unspecified atom stereocenters. The van der Waals surface area contributed by atoms with Crippen molar-refractivity contribution in [3.8, 4) is 0 Å². The lowest BCUT2D eigenvalue weighted by atomic mass is 10.2. The molecule has 25 heavy (non-hydrogen) atoms. The van der Waals surface area contributed by atoms with E-state index in [4.69, 9.17) is 27.9 Å². The summed E-state index contributed by atoms with van der Waals surface area (Å²) >= 11 is 11.9. The van der Waals surface area contributed by atoms with Gasteiger partial charge in [0.15, 0.2) is 6.10 Å². The first-order valence-corrected chi connectivity index (χ1v) is 8.30. The van der Waals surface area contributed by atoms with Crippen LogP contribution in [0.3, 0.4) is 0 Å². The maximum atomic E-state index is 12.3. The number of anilines is 1. The molecule has 4 nitrogen and oxygen atoms in total. The first-order valence-electron chi connectivity index (χ1n) is 7.55. The van der Waals surface area contributed by atoms with Crippen molar-refractivity contribution in [3.05, 3.63) is 70.2 Å². The molecule has 0 aliphatic heterocycles. The summed E-state index contributed by atoms with van der Waals surface area (Å²) in [5.41, 5.74) is 1.35. The van der Waals surface area contributed by atoms with Crippen LogP contribution < -0.4 is 4.90 Å². The topological polar surface area (TPSA) is 46.6 Å². The summed E-state index contributed by atoms with van der Waals surface area (Å²) in [5, 5.41) is 0.928. The molecule has 2 aromatic rings. The van der Waals surface area contributed by atoms with Crippen LogP contribution in [0.25, 0.3) is 6.08 Å². The fraction of sp³-hybridized carbons (Fsp3) is 0.158. The summed E-state index contributed by atoms with van der Waals surface area (Å²) in [6, 6.07) is 14.0. The van der Waals surface area contributed by atoms with E-state index in [1.54, 1.807) is 37.4 Å².